The average Bonchev–Trinajstić information content (AvgIpc) is 2.42. The van der Waals surface area contributed by atoms with Crippen molar-refractivity contribution in [2.75, 3.05) is 13.6 Å². The molecule has 1 aromatic rings. The Morgan fingerprint density at radius 2 is 1.85 bits per heavy atom. The van der Waals surface area contributed by atoms with E-state index in [1.807, 2.05) is 30.3 Å². The minimum absolute atomic E-state index is 0.154. The first-order valence-corrected chi connectivity index (χ1v) is 6.70. The van der Waals surface area contributed by atoms with Gasteiger partial charge in [-0.25, -0.2) is 9.59 Å². The van der Waals surface area contributed by atoms with E-state index in [-0.39, 0.29) is 11.9 Å². The van der Waals surface area contributed by atoms with E-state index in [1.165, 1.54) is 4.90 Å². The number of likely N-dealkylation sites (N-methyl/N-ethyl adjacent to an activating group) is 1. The zero-order valence-electron chi connectivity index (χ0n) is 12.2. The van der Waals surface area contributed by atoms with E-state index < -0.39 is 12.0 Å². The lowest BCUT2D eigenvalue weighted by Gasteiger charge is -2.23. The maximum Gasteiger partial charge on any atom is 0.326 e. The van der Waals surface area contributed by atoms with Gasteiger partial charge in [-0.3, -0.25) is 0 Å². The molecular weight excluding hydrogens is 256 g/mol. The van der Waals surface area contributed by atoms with Gasteiger partial charge in [-0.05, 0) is 17.9 Å². The number of hydrogen-bond acceptors (Lipinski definition) is 2. The molecule has 0 radical (unpaired) electrons. The van der Waals surface area contributed by atoms with E-state index in [4.69, 9.17) is 5.11 Å². The van der Waals surface area contributed by atoms with Gasteiger partial charge in [-0.1, -0.05) is 44.2 Å². The number of hydrogen-bond donors (Lipinski definition) is 2. The van der Waals surface area contributed by atoms with Crippen LogP contribution in [-0.4, -0.2) is 41.6 Å². The van der Waals surface area contributed by atoms with Crippen molar-refractivity contribution in [1.29, 1.82) is 0 Å². The molecule has 0 aliphatic rings. The number of aliphatic carboxylic acids is 1. The third-order valence-corrected chi connectivity index (χ3v) is 3.14. The summed E-state index contributed by atoms with van der Waals surface area (Å²) in [5.41, 5.74) is 1.14. The second-order valence-corrected chi connectivity index (χ2v) is 5.17. The van der Waals surface area contributed by atoms with Crippen LogP contribution in [0.15, 0.2) is 30.3 Å². The van der Waals surface area contributed by atoms with Gasteiger partial charge in [0.05, 0.1) is 0 Å². The molecule has 1 atom stereocenters. The SMILES string of the molecule is CC(C)C(NC(=O)N(C)CCc1ccccc1)C(=O)O. The van der Waals surface area contributed by atoms with Crippen LogP contribution >= 0.6 is 0 Å². The van der Waals surface area contributed by atoms with Crippen LogP contribution in [-0.2, 0) is 11.2 Å². The predicted octanol–water partition coefficient (Wildman–Crippen LogP) is 1.98. The van der Waals surface area contributed by atoms with E-state index >= 15 is 0 Å². The summed E-state index contributed by atoms with van der Waals surface area (Å²) in [5, 5.41) is 11.6. The summed E-state index contributed by atoms with van der Waals surface area (Å²) >= 11 is 0. The highest BCUT2D eigenvalue weighted by atomic mass is 16.4. The molecule has 1 unspecified atom stereocenters. The van der Waals surface area contributed by atoms with Crippen molar-refractivity contribution in [2.24, 2.45) is 5.92 Å². The third kappa shape index (κ3) is 4.91. The number of nitrogens with one attached hydrogen (secondary N) is 1. The van der Waals surface area contributed by atoms with Gasteiger partial charge in [0, 0.05) is 13.6 Å². The molecule has 0 fully saturated rings. The summed E-state index contributed by atoms with van der Waals surface area (Å²) in [7, 11) is 1.66. The lowest BCUT2D eigenvalue weighted by Crippen LogP contribution is -2.49. The average molecular weight is 278 g/mol. The molecule has 0 aliphatic heterocycles. The number of rotatable bonds is 6. The van der Waals surface area contributed by atoms with E-state index in [1.54, 1.807) is 20.9 Å². The van der Waals surface area contributed by atoms with Crippen molar-refractivity contribution in [3.05, 3.63) is 35.9 Å². The zero-order chi connectivity index (χ0) is 15.1. The van der Waals surface area contributed by atoms with Gasteiger partial charge in [-0.2, -0.15) is 0 Å². The van der Waals surface area contributed by atoms with E-state index in [0.717, 1.165) is 12.0 Å². The smallest absolute Gasteiger partial charge is 0.326 e. The highest BCUT2D eigenvalue weighted by molar-refractivity contribution is 5.82. The Morgan fingerprint density at radius 1 is 1.25 bits per heavy atom. The standard InChI is InChI=1S/C15H22N2O3/c1-11(2)13(14(18)19)16-15(20)17(3)10-9-12-7-5-4-6-8-12/h4-8,11,13H,9-10H2,1-3H3,(H,16,20)(H,18,19). The number of carboxylic acids is 1. The van der Waals surface area contributed by atoms with Crippen molar-refractivity contribution in [3.63, 3.8) is 0 Å². The molecule has 5 heteroatoms. The van der Waals surface area contributed by atoms with Crippen molar-refractivity contribution in [3.8, 4) is 0 Å². The molecule has 110 valence electrons. The molecule has 20 heavy (non-hydrogen) atoms. The van der Waals surface area contributed by atoms with E-state index in [2.05, 4.69) is 5.32 Å². The van der Waals surface area contributed by atoms with E-state index in [0.29, 0.717) is 6.54 Å². The van der Waals surface area contributed by atoms with Crippen LogP contribution in [0.1, 0.15) is 19.4 Å². The monoisotopic (exact) mass is 278 g/mol. The maximum absolute atomic E-state index is 11.9. The quantitative estimate of drug-likeness (QED) is 0.836. The number of carbonyl (C=O) groups excluding carboxylic acids is 1. The Morgan fingerprint density at radius 3 is 2.35 bits per heavy atom. The van der Waals surface area contributed by atoms with Crippen molar-refractivity contribution < 1.29 is 14.7 Å². The lowest BCUT2D eigenvalue weighted by atomic mass is 10.1. The van der Waals surface area contributed by atoms with Crippen LogP contribution in [0.3, 0.4) is 0 Å². The minimum Gasteiger partial charge on any atom is -0.480 e. The molecule has 0 saturated carbocycles. The Bertz CT molecular complexity index is 446. The van der Waals surface area contributed by atoms with Gasteiger partial charge in [0.25, 0.3) is 0 Å². The molecule has 1 aromatic carbocycles. The largest absolute Gasteiger partial charge is 0.480 e. The number of urea groups is 1. The molecule has 0 aromatic heterocycles. The van der Waals surface area contributed by atoms with Gasteiger partial charge in [0.1, 0.15) is 6.04 Å². The topological polar surface area (TPSA) is 69.6 Å². The van der Waals surface area contributed by atoms with Crippen molar-refractivity contribution in [1.82, 2.24) is 10.2 Å². The summed E-state index contributed by atoms with van der Waals surface area (Å²) in [6.45, 7) is 4.08. The van der Waals surface area contributed by atoms with Crippen LogP contribution < -0.4 is 5.32 Å². The van der Waals surface area contributed by atoms with Crippen LogP contribution in [0, 0.1) is 5.92 Å². The van der Waals surface area contributed by atoms with Crippen molar-refractivity contribution in [2.45, 2.75) is 26.3 Å². The Balaban J connectivity index is 2.48. The van der Waals surface area contributed by atoms with Gasteiger partial charge in [-0.15, -0.1) is 0 Å². The minimum atomic E-state index is -1.01. The summed E-state index contributed by atoms with van der Waals surface area (Å²) < 4.78 is 0. The first kappa shape index (κ1) is 16.0. The molecule has 1 rings (SSSR count). The van der Waals surface area contributed by atoms with Gasteiger partial charge in [0.15, 0.2) is 0 Å². The molecule has 0 spiro atoms. The highest BCUT2D eigenvalue weighted by Crippen LogP contribution is 2.04. The normalized spacial score (nSPS) is 12.0. The second kappa shape index (κ2) is 7.53. The third-order valence-electron chi connectivity index (χ3n) is 3.14. The Labute approximate surface area is 119 Å². The molecule has 0 bridgehead atoms. The van der Waals surface area contributed by atoms with Crippen molar-refractivity contribution >= 4 is 12.0 Å². The molecule has 2 amide bonds. The van der Waals surface area contributed by atoms with Crippen LogP contribution in [0.4, 0.5) is 4.79 Å². The van der Waals surface area contributed by atoms with Crippen LogP contribution in [0.25, 0.3) is 0 Å². The summed E-state index contributed by atoms with van der Waals surface area (Å²) in [4.78, 5) is 24.5. The fourth-order valence-corrected chi connectivity index (χ4v) is 1.80. The molecule has 0 heterocycles. The van der Waals surface area contributed by atoms with Gasteiger partial charge in [0.2, 0.25) is 0 Å². The summed E-state index contributed by atoms with van der Waals surface area (Å²) in [6, 6.07) is 8.63. The lowest BCUT2D eigenvalue weighted by molar-refractivity contribution is -0.140. The van der Waals surface area contributed by atoms with E-state index in [9.17, 15) is 9.59 Å². The Hall–Kier alpha value is -2.04. The number of carboxylic acid groups (broad SMARTS) is 1. The fourth-order valence-electron chi connectivity index (χ4n) is 1.80. The predicted molar refractivity (Wildman–Crippen MR) is 77.6 cm³/mol. The zero-order valence-corrected chi connectivity index (χ0v) is 12.2. The molecule has 0 aliphatic carbocycles. The number of amides is 2. The number of benzene rings is 1. The molecular formula is C15H22N2O3. The first-order valence-electron chi connectivity index (χ1n) is 6.70. The molecule has 0 saturated heterocycles. The number of carbonyl (C=O) groups is 2. The molecule has 2 N–H and O–H groups in total. The number of nitrogens with zero attached hydrogens (tertiary/aromatic N) is 1. The molecule has 5 nitrogen and oxygen atoms in total. The van der Waals surface area contributed by atoms with Crippen LogP contribution in [0.2, 0.25) is 0 Å². The van der Waals surface area contributed by atoms with Gasteiger partial charge < -0.3 is 15.3 Å². The first-order chi connectivity index (χ1) is 9.41. The highest BCUT2D eigenvalue weighted by Gasteiger charge is 2.24. The van der Waals surface area contributed by atoms with Crippen LogP contribution in [0.5, 0.6) is 0 Å². The maximum atomic E-state index is 11.9. The summed E-state index contributed by atoms with van der Waals surface area (Å²) in [6.07, 6.45) is 0.740. The second-order valence-electron chi connectivity index (χ2n) is 5.17. The summed E-state index contributed by atoms with van der Waals surface area (Å²) in [5.74, 6) is -1.16. The Kier molecular flexibility index (Phi) is 6.03. The van der Waals surface area contributed by atoms with Gasteiger partial charge >= 0.3 is 12.0 Å². The fraction of sp³-hybridized carbons (Fsp3) is 0.467.